The molecule has 2 heterocycles. The van der Waals surface area contributed by atoms with Gasteiger partial charge in [0.25, 0.3) is 5.91 Å². The summed E-state index contributed by atoms with van der Waals surface area (Å²) in [6.07, 6.45) is 0. The van der Waals surface area contributed by atoms with E-state index in [0.29, 0.717) is 28.6 Å². The van der Waals surface area contributed by atoms with E-state index in [4.69, 9.17) is 16.3 Å². The zero-order chi connectivity index (χ0) is 20.9. The van der Waals surface area contributed by atoms with Gasteiger partial charge in [-0.25, -0.2) is 9.07 Å². The molecular formula is C22H22ClFN4O2. The Labute approximate surface area is 179 Å². The summed E-state index contributed by atoms with van der Waals surface area (Å²) in [5, 5.41) is 8.16. The molecule has 1 amide bonds. The predicted octanol–water partition coefficient (Wildman–Crippen LogP) is 3.39. The minimum absolute atomic E-state index is 0.223. The van der Waals surface area contributed by atoms with Crippen molar-refractivity contribution in [2.45, 2.75) is 0 Å². The second-order valence-corrected chi connectivity index (χ2v) is 7.46. The first-order valence-corrected chi connectivity index (χ1v) is 10.2. The average molecular weight is 429 g/mol. The summed E-state index contributed by atoms with van der Waals surface area (Å²) in [5.41, 5.74) is 2.43. The minimum Gasteiger partial charge on any atom is -0.379 e. The van der Waals surface area contributed by atoms with E-state index in [1.165, 1.54) is 12.1 Å². The van der Waals surface area contributed by atoms with Gasteiger partial charge in [0.1, 0.15) is 11.5 Å². The van der Waals surface area contributed by atoms with Crippen LogP contribution < -0.4 is 5.32 Å². The monoisotopic (exact) mass is 428 g/mol. The third-order valence-electron chi connectivity index (χ3n) is 4.97. The largest absolute Gasteiger partial charge is 0.379 e. The molecule has 1 aliphatic heterocycles. The van der Waals surface area contributed by atoms with E-state index in [2.05, 4.69) is 15.3 Å². The van der Waals surface area contributed by atoms with Crippen LogP contribution in [0.25, 0.3) is 16.9 Å². The summed E-state index contributed by atoms with van der Waals surface area (Å²) >= 11 is 6.00. The van der Waals surface area contributed by atoms with E-state index in [1.807, 2.05) is 0 Å². The molecule has 0 radical (unpaired) electrons. The summed E-state index contributed by atoms with van der Waals surface area (Å²) in [6, 6.07) is 14.8. The number of nitrogens with zero attached hydrogens (tertiary/aromatic N) is 3. The Morgan fingerprint density at radius 2 is 1.80 bits per heavy atom. The van der Waals surface area contributed by atoms with Crippen molar-refractivity contribution in [3.8, 4) is 16.9 Å². The molecule has 8 heteroatoms. The van der Waals surface area contributed by atoms with Crippen LogP contribution in [0.1, 0.15) is 10.5 Å². The van der Waals surface area contributed by atoms with Gasteiger partial charge in [-0.1, -0.05) is 11.6 Å². The first-order valence-electron chi connectivity index (χ1n) is 9.80. The summed E-state index contributed by atoms with van der Waals surface area (Å²) in [6.45, 7) is 4.46. The van der Waals surface area contributed by atoms with Crippen molar-refractivity contribution in [3.63, 3.8) is 0 Å². The molecule has 1 saturated heterocycles. The van der Waals surface area contributed by atoms with Crippen LogP contribution in [-0.4, -0.2) is 60.0 Å². The Kier molecular flexibility index (Phi) is 6.42. The lowest BCUT2D eigenvalue weighted by atomic mass is 10.1. The fourth-order valence-corrected chi connectivity index (χ4v) is 3.45. The number of morpholine rings is 1. The van der Waals surface area contributed by atoms with Crippen LogP contribution in [0, 0.1) is 5.82 Å². The molecule has 1 aliphatic rings. The highest BCUT2D eigenvalue weighted by Gasteiger charge is 2.18. The normalized spacial score (nSPS) is 14.6. The molecule has 2 aromatic carbocycles. The number of rotatable bonds is 6. The van der Waals surface area contributed by atoms with Crippen LogP contribution in [-0.2, 0) is 4.74 Å². The predicted molar refractivity (Wildman–Crippen MR) is 114 cm³/mol. The van der Waals surface area contributed by atoms with Crippen molar-refractivity contribution >= 4 is 17.5 Å². The molecule has 1 fully saturated rings. The second kappa shape index (κ2) is 9.38. The molecule has 0 spiro atoms. The molecule has 4 rings (SSSR count). The summed E-state index contributed by atoms with van der Waals surface area (Å²) in [4.78, 5) is 15.2. The quantitative estimate of drug-likeness (QED) is 0.653. The Balaban J connectivity index is 1.56. The maximum atomic E-state index is 13.3. The summed E-state index contributed by atoms with van der Waals surface area (Å²) in [5.74, 6) is -0.545. The second-order valence-electron chi connectivity index (χ2n) is 7.02. The zero-order valence-electron chi connectivity index (χ0n) is 16.4. The number of carbonyl (C=O) groups is 1. The molecule has 0 unspecified atom stereocenters. The van der Waals surface area contributed by atoms with E-state index >= 15 is 0 Å². The number of ether oxygens (including phenoxy) is 1. The molecule has 6 nitrogen and oxygen atoms in total. The van der Waals surface area contributed by atoms with Gasteiger partial charge in [-0.05, 0) is 54.6 Å². The van der Waals surface area contributed by atoms with Crippen LogP contribution in [0.4, 0.5) is 4.39 Å². The molecule has 1 aromatic heterocycles. The number of amides is 1. The van der Waals surface area contributed by atoms with Gasteiger partial charge in [0, 0.05) is 36.8 Å². The number of nitrogens with one attached hydrogen (secondary N) is 1. The van der Waals surface area contributed by atoms with Crippen LogP contribution in [0.5, 0.6) is 0 Å². The van der Waals surface area contributed by atoms with Gasteiger partial charge in [0.2, 0.25) is 0 Å². The Hall–Kier alpha value is -2.74. The van der Waals surface area contributed by atoms with Crippen LogP contribution in [0.15, 0.2) is 54.6 Å². The number of hydrogen-bond acceptors (Lipinski definition) is 4. The average Bonchev–Trinajstić information content (AvgIpc) is 3.21. The smallest absolute Gasteiger partial charge is 0.270 e. The fourth-order valence-electron chi connectivity index (χ4n) is 3.33. The fraction of sp³-hybridized carbons (Fsp3) is 0.273. The molecule has 1 N–H and O–H groups in total. The lowest BCUT2D eigenvalue weighted by Gasteiger charge is -2.26. The topological polar surface area (TPSA) is 59.4 Å². The molecule has 3 aromatic rings. The van der Waals surface area contributed by atoms with Crippen molar-refractivity contribution in [1.29, 1.82) is 0 Å². The van der Waals surface area contributed by atoms with Gasteiger partial charge >= 0.3 is 0 Å². The summed E-state index contributed by atoms with van der Waals surface area (Å²) < 4.78 is 20.2. The highest BCUT2D eigenvalue weighted by Crippen LogP contribution is 2.23. The van der Waals surface area contributed by atoms with Gasteiger partial charge in [-0.3, -0.25) is 9.69 Å². The third-order valence-corrected chi connectivity index (χ3v) is 5.22. The van der Waals surface area contributed by atoms with E-state index in [0.717, 1.165) is 38.4 Å². The third kappa shape index (κ3) is 4.87. The van der Waals surface area contributed by atoms with Crippen molar-refractivity contribution in [3.05, 3.63) is 71.1 Å². The molecular weight excluding hydrogens is 407 g/mol. The maximum absolute atomic E-state index is 13.3. The number of benzene rings is 2. The standard InChI is InChI=1S/C22H22ClFN4O2/c23-17-3-7-19(8-4-17)28-21(15-20(26-28)16-1-5-18(24)6-2-16)22(29)25-9-10-27-11-13-30-14-12-27/h1-8,15H,9-14H2,(H,25,29). The van der Waals surface area contributed by atoms with E-state index < -0.39 is 0 Å². The number of hydrogen-bond donors (Lipinski definition) is 1. The lowest BCUT2D eigenvalue weighted by molar-refractivity contribution is 0.0383. The Morgan fingerprint density at radius 3 is 2.50 bits per heavy atom. The number of aromatic nitrogens is 2. The number of halogens is 2. The van der Waals surface area contributed by atoms with Gasteiger partial charge < -0.3 is 10.1 Å². The van der Waals surface area contributed by atoms with Gasteiger partial charge in [-0.2, -0.15) is 5.10 Å². The molecule has 0 aliphatic carbocycles. The molecule has 0 saturated carbocycles. The zero-order valence-corrected chi connectivity index (χ0v) is 17.1. The van der Waals surface area contributed by atoms with E-state index in [9.17, 15) is 9.18 Å². The van der Waals surface area contributed by atoms with E-state index in [1.54, 1.807) is 47.1 Å². The Morgan fingerprint density at radius 1 is 1.10 bits per heavy atom. The minimum atomic E-state index is -0.322. The van der Waals surface area contributed by atoms with Crippen molar-refractivity contribution in [2.75, 3.05) is 39.4 Å². The Bertz CT molecular complexity index is 999. The highest BCUT2D eigenvalue weighted by molar-refractivity contribution is 6.30. The molecule has 156 valence electrons. The first-order chi connectivity index (χ1) is 14.6. The van der Waals surface area contributed by atoms with Crippen molar-refractivity contribution in [2.24, 2.45) is 0 Å². The van der Waals surface area contributed by atoms with Crippen LogP contribution in [0.3, 0.4) is 0 Å². The maximum Gasteiger partial charge on any atom is 0.270 e. The first kappa shape index (κ1) is 20.5. The molecule has 30 heavy (non-hydrogen) atoms. The van der Waals surface area contributed by atoms with Gasteiger partial charge in [0.05, 0.1) is 24.6 Å². The lowest BCUT2D eigenvalue weighted by Crippen LogP contribution is -2.41. The van der Waals surface area contributed by atoms with Crippen LogP contribution >= 0.6 is 11.6 Å². The molecule has 0 atom stereocenters. The van der Waals surface area contributed by atoms with Gasteiger partial charge in [0.15, 0.2) is 0 Å². The van der Waals surface area contributed by atoms with E-state index in [-0.39, 0.29) is 11.7 Å². The van der Waals surface area contributed by atoms with Crippen molar-refractivity contribution in [1.82, 2.24) is 20.0 Å². The van der Waals surface area contributed by atoms with Gasteiger partial charge in [-0.15, -0.1) is 0 Å². The van der Waals surface area contributed by atoms with Crippen LogP contribution in [0.2, 0.25) is 5.02 Å². The van der Waals surface area contributed by atoms with Crippen molar-refractivity contribution < 1.29 is 13.9 Å². The molecule has 0 bridgehead atoms. The SMILES string of the molecule is O=C(NCCN1CCOCC1)c1cc(-c2ccc(F)cc2)nn1-c1ccc(Cl)cc1. The highest BCUT2D eigenvalue weighted by atomic mass is 35.5. The number of carbonyl (C=O) groups excluding carboxylic acids is 1. The summed E-state index contributed by atoms with van der Waals surface area (Å²) in [7, 11) is 0.